The Labute approximate surface area is 771 Å². The highest BCUT2D eigenvalue weighted by molar-refractivity contribution is 6.11. The summed E-state index contributed by atoms with van der Waals surface area (Å²) in [4.78, 5) is 5.00. The average molecular weight is 1700 g/mol. The van der Waals surface area contributed by atoms with Crippen LogP contribution in [0.1, 0.15) is 77.9 Å². The zero-order valence-corrected chi connectivity index (χ0v) is 72.5. The Morgan fingerprint density at radius 2 is 0.466 bits per heavy atom. The van der Waals surface area contributed by atoms with Gasteiger partial charge in [0.25, 0.3) is 0 Å². The SMILES string of the molecule is C=Cc1ccc(Oc2ccc(C3(c4ccccc4)c4ccccc4-c4ccc(N(c5ccc(-c6cccc7c6oc6ccccc67)cc5)c5ccc6c(c5)C5(c7ccccc7-6)c6ccccc6-c6ccc(N(c7ccc(-c8cccc9c8oc8ccccc89)cc7)c7ccc8c(c7)C(c7ccccc7)(c7ccc(Oc9ccc(C=C)cc9)cc7)c7ccccc7-8)cc65)cc43)cc2)cc1. The van der Waals surface area contributed by atoms with Crippen molar-refractivity contribution in [3.63, 3.8) is 0 Å². The zero-order valence-electron chi connectivity index (χ0n) is 72.5. The topological polar surface area (TPSA) is 51.2 Å². The third-order valence-corrected chi connectivity index (χ3v) is 28.5. The molecule has 4 aliphatic rings. The zero-order chi connectivity index (χ0) is 88.0. The van der Waals surface area contributed by atoms with E-state index in [4.69, 9.17) is 18.3 Å². The van der Waals surface area contributed by atoms with Crippen molar-refractivity contribution in [2.24, 2.45) is 0 Å². The van der Waals surface area contributed by atoms with Crippen LogP contribution in [-0.2, 0) is 16.2 Å². The number of benzene rings is 20. The normalized spacial score (nSPS) is 15.5. The lowest BCUT2D eigenvalue weighted by atomic mass is 9.67. The second-order valence-corrected chi connectivity index (χ2v) is 35.2. The summed E-state index contributed by atoms with van der Waals surface area (Å²) in [7, 11) is 0. The fourth-order valence-electron chi connectivity index (χ4n) is 22.7. The smallest absolute Gasteiger partial charge is 0.143 e. The number of rotatable bonds is 18. The summed E-state index contributed by atoms with van der Waals surface area (Å²) in [5, 5.41) is 4.36. The first-order valence-electron chi connectivity index (χ1n) is 45.5. The molecular weight excluding hydrogens is 1620 g/mol. The fraction of sp³-hybridized carbons (Fsp3) is 0.0236. The third-order valence-electron chi connectivity index (χ3n) is 28.5. The second kappa shape index (κ2) is 30.4. The summed E-state index contributed by atoms with van der Waals surface area (Å²) in [6.45, 7) is 7.99. The fourth-order valence-corrected chi connectivity index (χ4v) is 22.7. The third kappa shape index (κ3) is 11.7. The molecule has 6 nitrogen and oxygen atoms in total. The number of hydrogen-bond donors (Lipinski definition) is 0. The van der Waals surface area contributed by atoms with Crippen LogP contribution in [0, 0.1) is 0 Å². The summed E-state index contributed by atoms with van der Waals surface area (Å²) in [5.74, 6) is 3.00. The molecule has 0 amide bonds. The van der Waals surface area contributed by atoms with Crippen LogP contribution in [0.25, 0.3) is 123 Å². The monoisotopic (exact) mass is 1700 g/mol. The van der Waals surface area contributed by atoms with Crippen LogP contribution in [0.3, 0.4) is 0 Å². The number of fused-ring (bicyclic) bond motifs is 22. The molecule has 2 unspecified atom stereocenters. The highest BCUT2D eigenvalue weighted by atomic mass is 16.5. The van der Waals surface area contributed by atoms with Crippen LogP contribution >= 0.6 is 0 Å². The molecule has 22 aromatic rings. The first kappa shape index (κ1) is 76.9. The Bertz CT molecular complexity index is 7960. The largest absolute Gasteiger partial charge is 0.457 e. The first-order valence-corrected chi connectivity index (χ1v) is 45.5. The Hall–Kier alpha value is -17.3. The standard InChI is InChI=1S/C127H82N2O4/c1-3-81-45-65-95(66-46-81)130-97-69-53-87(54-70-97)125(85-25-7-5-8-26-85)113-39-17-11-29-101(113)105-73-61-91(77-117(105)125)128(89-57-49-83(50-58-89)99-35-23-37-111-109-33-15-21-43-121(109)132-123(99)111)93-63-75-107-103-31-13-19-41-115(103)127(119(107)79-93)116-42-20-14-32-104(116)108-76-64-94(80-120(108)127)129(90-59-51-84(52-60-90)100-36-24-38-112-110-34-16-22-44-122(110)133-124(100)112)92-62-74-106-102-30-12-18-40-114(102)126(118(106)78-92,86-27-9-6-10-28-86)88-55-71-98(72-56-88)131-96-67-47-82(4-2)48-68-96/h3-80H,1-2H2. The predicted molar refractivity (Wildman–Crippen MR) is 545 cm³/mol. The highest BCUT2D eigenvalue weighted by Crippen LogP contribution is 2.66. The van der Waals surface area contributed by atoms with Gasteiger partial charge in [-0.3, -0.25) is 0 Å². The molecule has 624 valence electrons. The molecule has 6 heteroatoms. The van der Waals surface area contributed by atoms with Gasteiger partial charge in [-0.15, -0.1) is 0 Å². The van der Waals surface area contributed by atoms with Crippen LogP contribution < -0.4 is 19.3 Å². The maximum atomic E-state index is 6.78. The van der Waals surface area contributed by atoms with Gasteiger partial charge in [-0.1, -0.05) is 353 Å². The number of furan rings is 2. The van der Waals surface area contributed by atoms with E-state index in [0.29, 0.717) is 0 Å². The van der Waals surface area contributed by atoms with E-state index < -0.39 is 16.2 Å². The van der Waals surface area contributed by atoms with Gasteiger partial charge in [0.15, 0.2) is 0 Å². The molecule has 4 aliphatic carbocycles. The van der Waals surface area contributed by atoms with Crippen LogP contribution in [0.4, 0.5) is 34.1 Å². The van der Waals surface area contributed by atoms with Crippen molar-refractivity contribution in [2.75, 3.05) is 9.80 Å². The molecule has 0 bridgehead atoms. The van der Waals surface area contributed by atoms with Gasteiger partial charge in [-0.25, -0.2) is 0 Å². The number of hydrogen-bond acceptors (Lipinski definition) is 6. The van der Waals surface area contributed by atoms with Gasteiger partial charge in [0.1, 0.15) is 45.3 Å². The van der Waals surface area contributed by atoms with E-state index in [0.717, 1.165) is 157 Å². The van der Waals surface area contributed by atoms with Crippen molar-refractivity contribution in [1.82, 2.24) is 0 Å². The minimum Gasteiger partial charge on any atom is -0.457 e. The summed E-state index contributed by atoms with van der Waals surface area (Å²) < 4.78 is 26.8. The van der Waals surface area contributed by atoms with Crippen molar-refractivity contribution in [3.8, 4) is 89.8 Å². The first-order chi connectivity index (χ1) is 65.8. The summed E-state index contributed by atoms with van der Waals surface area (Å²) in [6.07, 6.45) is 3.70. The van der Waals surface area contributed by atoms with E-state index in [1.165, 1.54) is 89.0 Å². The molecule has 0 fully saturated rings. The van der Waals surface area contributed by atoms with Crippen molar-refractivity contribution < 1.29 is 18.3 Å². The van der Waals surface area contributed by atoms with Gasteiger partial charge in [-0.2, -0.15) is 0 Å². The molecular formula is C127H82N2O4. The molecule has 0 saturated heterocycles. The number of ether oxygens (including phenoxy) is 2. The summed E-state index contributed by atoms with van der Waals surface area (Å²) >= 11 is 0. The number of para-hydroxylation sites is 4. The van der Waals surface area contributed by atoms with Crippen molar-refractivity contribution in [1.29, 1.82) is 0 Å². The van der Waals surface area contributed by atoms with Crippen LogP contribution in [-0.4, -0.2) is 0 Å². The van der Waals surface area contributed by atoms with Crippen LogP contribution in [0.2, 0.25) is 0 Å². The Morgan fingerprint density at radius 3 is 0.812 bits per heavy atom. The van der Waals surface area contributed by atoms with Crippen molar-refractivity contribution in [2.45, 2.75) is 16.2 Å². The Balaban J connectivity index is 0.674. The molecule has 2 aromatic heterocycles. The molecule has 26 rings (SSSR count). The molecule has 0 N–H and O–H groups in total. The van der Waals surface area contributed by atoms with Gasteiger partial charge in [0.2, 0.25) is 0 Å². The maximum absolute atomic E-state index is 6.78. The van der Waals surface area contributed by atoms with E-state index in [-0.39, 0.29) is 0 Å². The van der Waals surface area contributed by atoms with E-state index >= 15 is 0 Å². The number of nitrogens with zero attached hydrogens (tertiary/aromatic N) is 2. The van der Waals surface area contributed by atoms with E-state index in [2.05, 4.69) is 423 Å². The van der Waals surface area contributed by atoms with Gasteiger partial charge >= 0.3 is 0 Å². The van der Waals surface area contributed by atoms with Gasteiger partial charge in [0, 0.05) is 66.8 Å². The Kier molecular flexibility index (Phi) is 17.6. The molecule has 0 aliphatic heterocycles. The highest BCUT2D eigenvalue weighted by Gasteiger charge is 2.54. The summed E-state index contributed by atoms with van der Waals surface area (Å²) in [5.41, 5.74) is 36.9. The summed E-state index contributed by atoms with van der Waals surface area (Å²) in [6, 6.07) is 169. The average Bonchev–Trinajstić information content (AvgIpc) is 1.50. The van der Waals surface area contributed by atoms with Crippen molar-refractivity contribution >= 4 is 90.2 Å². The van der Waals surface area contributed by atoms with Crippen LogP contribution in [0.15, 0.2) is 483 Å². The molecule has 1 spiro atoms. The lowest BCUT2D eigenvalue weighted by Gasteiger charge is -2.35. The predicted octanol–water partition coefficient (Wildman–Crippen LogP) is 33.7. The van der Waals surface area contributed by atoms with E-state index in [9.17, 15) is 0 Å². The quantitative estimate of drug-likeness (QED) is 0.0853. The molecule has 0 radical (unpaired) electrons. The van der Waals surface area contributed by atoms with Gasteiger partial charge < -0.3 is 28.1 Å². The van der Waals surface area contributed by atoms with Gasteiger partial charge in [0.05, 0.1) is 16.2 Å². The molecule has 2 heterocycles. The number of anilines is 6. The second-order valence-electron chi connectivity index (χ2n) is 35.2. The van der Waals surface area contributed by atoms with Crippen LogP contribution in [0.5, 0.6) is 23.0 Å². The lowest BCUT2D eigenvalue weighted by Crippen LogP contribution is -2.29. The maximum Gasteiger partial charge on any atom is 0.143 e. The molecule has 0 saturated carbocycles. The van der Waals surface area contributed by atoms with E-state index in [1.807, 2.05) is 72.8 Å². The van der Waals surface area contributed by atoms with E-state index in [1.54, 1.807) is 0 Å². The lowest BCUT2D eigenvalue weighted by molar-refractivity contribution is 0.482. The van der Waals surface area contributed by atoms with Gasteiger partial charge in [-0.05, 0) is 267 Å². The van der Waals surface area contributed by atoms with Crippen molar-refractivity contribution in [3.05, 3.63) is 552 Å². The minimum absolute atomic E-state index is 0.746. The molecule has 133 heavy (non-hydrogen) atoms. The molecule has 20 aromatic carbocycles. The Morgan fingerprint density at radius 1 is 0.203 bits per heavy atom. The minimum atomic E-state index is -0.842. The molecule has 2 atom stereocenters.